The Bertz CT molecular complexity index is 1240. The number of hydrogen-bond acceptors (Lipinski definition) is 1. The van der Waals surface area contributed by atoms with Crippen molar-refractivity contribution in [1.29, 1.82) is 0 Å². The van der Waals surface area contributed by atoms with Crippen LogP contribution in [0.3, 0.4) is 0 Å². The van der Waals surface area contributed by atoms with Gasteiger partial charge in [-0.3, -0.25) is 0 Å². The highest BCUT2D eigenvalue weighted by molar-refractivity contribution is 6.92. The molecule has 1 aliphatic carbocycles. The largest absolute Gasteiger partial charge is 0.384 e. The van der Waals surface area contributed by atoms with Gasteiger partial charge in [0.1, 0.15) is 13.3 Å². The maximum absolute atomic E-state index is 12.6. The van der Waals surface area contributed by atoms with E-state index in [1.54, 1.807) is 0 Å². The van der Waals surface area contributed by atoms with Gasteiger partial charge < -0.3 is 5.11 Å². The summed E-state index contributed by atoms with van der Waals surface area (Å²) in [6, 6.07) is 34.0. The Morgan fingerprint density at radius 1 is 0.677 bits per heavy atom. The molecule has 0 aromatic heterocycles. The minimum absolute atomic E-state index is 0.941. The van der Waals surface area contributed by atoms with Crippen LogP contribution < -0.4 is 5.19 Å². The van der Waals surface area contributed by atoms with E-state index in [4.69, 9.17) is 0 Å². The molecule has 4 aromatic rings. The molecule has 0 saturated heterocycles. The molecule has 154 valence electrons. The third kappa shape index (κ3) is 3.02. The minimum Gasteiger partial charge on any atom is -0.384 e. The van der Waals surface area contributed by atoms with Gasteiger partial charge in [-0.05, 0) is 46.7 Å². The lowest BCUT2D eigenvalue weighted by Gasteiger charge is -2.43. The van der Waals surface area contributed by atoms with Gasteiger partial charge in [-0.1, -0.05) is 121 Å². The summed E-state index contributed by atoms with van der Waals surface area (Å²) in [5, 5.41) is 12.9. The van der Waals surface area contributed by atoms with Gasteiger partial charge in [-0.15, -0.1) is 0 Å². The third-order valence-electron chi connectivity index (χ3n) is 7.09. The molecule has 1 nitrogen and oxygen atoms in total. The Labute approximate surface area is 186 Å². The normalized spacial score (nSPS) is 14.6. The Morgan fingerprint density at radius 3 is 2.03 bits per heavy atom. The molecule has 1 unspecified atom stereocenters. The molecule has 1 N–H and O–H groups in total. The number of fused-ring (bicyclic) bond motifs is 3. The average Bonchev–Trinajstić information content (AvgIpc) is 3.18. The zero-order chi connectivity index (χ0) is 21.6. The van der Waals surface area contributed by atoms with Gasteiger partial charge in [0.2, 0.25) is 0 Å². The number of hydrogen-bond donors (Lipinski definition) is 1. The number of rotatable bonds is 4. The molecule has 31 heavy (non-hydrogen) atoms. The van der Waals surface area contributed by atoms with Crippen LogP contribution >= 0.6 is 0 Å². The quantitative estimate of drug-likeness (QED) is 0.356. The molecule has 2 heteroatoms. The molecule has 0 radical (unpaired) electrons. The van der Waals surface area contributed by atoms with E-state index < -0.39 is 13.3 Å². The first-order valence-electron chi connectivity index (χ1n) is 11.0. The average molecular weight is 421 g/mol. The number of benzene rings is 4. The second-order valence-electron chi connectivity index (χ2n) is 9.23. The summed E-state index contributed by atoms with van der Waals surface area (Å²) < 4.78 is 0. The van der Waals surface area contributed by atoms with Crippen LogP contribution in [-0.4, -0.2) is 13.2 Å². The molecule has 0 spiro atoms. The fraction of sp³-hybridized carbons (Fsp3) is 0.172. The standard InChI is InChI=1S/C29H28OSi/c1-21-16-18-24(19-17-21)29(30,23-11-5-4-6-12-23)31(2,3)28-15-9-14-26-25-13-8-7-10-22(25)20-27(26)28/h4-19,30H,20H2,1-3H3. The maximum atomic E-state index is 12.6. The molecule has 5 rings (SSSR count). The Kier molecular flexibility index (Phi) is 4.73. The molecular weight excluding hydrogens is 392 g/mol. The zero-order valence-corrected chi connectivity index (χ0v) is 19.4. The molecule has 0 fully saturated rings. The highest BCUT2D eigenvalue weighted by atomic mass is 28.3. The van der Waals surface area contributed by atoms with E-state index in [0.717, 1.165) is 17.5 Å². The van der Waals surface area contributed by atoms with E-state index >= 15 is 0 Å². The smallest absolute Gasteiger partial charge is 0.128 e. The highest BCUT2D eigenvalue weighted by Crippen LogP contribution is 2.42. The van der Waals surface area contributed by atoms with Crippen molar-refractivity contribution in [2.45, 2.75) is 31.7 Å². The van der Waals surface area contributed by atoms with Crippen LogP contribution in [-0.2, 0) is 11.6 Å². The molecule has 0 heterocycles. The van der Waals surface area contributed by atoms with Gasteiger partial charge in [0, 0.05) is 0 Å². The van der Waals surface area contributed by atoms with Crippen LogP contribution in [0.4, 0.5) is 0 Å². The van der Waals surface area contributed by atoms with Crippen molar-refractivity contribution in [3.63, 3.8) is 0 Å². The number of aryl methyl sites for hydroxylation is 1. The van der Waals surface area contributed by atoms with Crippen LogP contribution in [0.15, 0.2) is 97.1 Å². The van der Waals surface area contributed by atoms with Crippen molar-refractivity contribution in [3.8, 4) is 11.1 Å². The lowest BCUT2D eigenvalue weighted by atomic mass is 9.99. The molecular formula is C29H28OSi. The zero-order valence-electron chi connectivity index (χ0n) is 18.4. The fourth-order valence-electron chi connectivity index (χ4n) is 5.30. The van der Waals surface area contributed by atoms with E-state index in [9.17, 15) is 5.11 Å². The maximum Gasteiger partial charge on any atom is 0.128 e. The van der Waals surface area contributed by atoms with Gasteiger partial charge in [0.25, 0.3) is 0 Å². The molecule has 0 saturated carbocycles. The van der Waals surface area contributed by atoms with Crippen molar-refractivity contribution in [3.05, 3.63) is 125 Å². The summed E-state index contributed by atoms with van der Waals surface area (Å²) >= 11 is 0. The molecule has 4 aromatic carbocycles. The van der Waals surface area contributed by atoms with Crippen molar-refractivity contribution < 1.29 is 5.11 Å². The van der Waals surface area contributed by atoms with Crippen LogP contribution in [0.5, 0.6) is 0 Å². The summed E-state index contributed by atoms with van der Waals surface area (Å²) in [6.07, 6.45) is 0.941. The van der Waals surface area contributed by atoms with E-state index in [-0.39, 0.29) is 0 Å². The first-order chi connectivity index (χ1) is 14.9. The Hall–Kier alpha value is -2.94. The van der Waals surface area contributed by atoms with Crippen LogP contribution in [0.25, 0.3) is 11.1 Å². The summed E-state index contributed by atoms with van der Waals surface area (Å²) in [7, 11) is -2.47. The second-order valence-corrected chi connectivity index (χ2v) is 13.7. The summed E-state index contributed by atoms with van der Waals surface area (Å²) in [4.78, 5) is 0. The SMILES string of the molecule is Cc1ccc(C(O)(c2ccccc2)[Si](C)(C)c2cccc3c2Cc2ccccc2-3)cc1. The first-order valence-corrected chi connectivity index (χ1v) is 14.0. The summed E-state index contributed by atoms with van der Waals surface area (Å²) in [5.74, 6) is 0. The summed E-state index contributed by atoms with van der Waals surface area (Å²) in [5.41, 5.74) is 8.60. The fourth-order valence-corrected chi connectivity index (χ4v) is 8.96. The first kappa shape index (κ1) is 20.0. The highest BCUT2D eigenvalue weighted by Gasteiger charge is 2.50. The van der Waals surface area contributed by atoms with Crippen molar-refractivity contribution in [2.24, 2.45) is 0 Å². The predicted molar refractivity (Wildman–Crippen MR) is 132 cm³/mol. The molecule has 0 bridgehead atoms. The topological polar surface area (TPSA) is 20.2 Å². The Morgan fingerprint density at radius 2 is 1.29 bits per heavy atom. The van der Waals surface area contributed by atoms with Crippen molar-refractivity contribution in [2.75, 3.05) is 0 Å². The lowest BCUT2D eigenvalue weighted by molar-refractivity contribution is 0.160. The van der Waals surface area contributed by atoms with E-state index in [1.165, 1.54) is 33.0 Å². The molecule has 1 aliphatic rings. The summed E-state index contributed by atoms with van der Waals surface area (Å²) in [6.45, 7) is 6.73. The lowest BCUT2D eigenvalue weighted by Crippen LogP contribution is -2.61. The van der Waals surface area contributed by atoms with Gasteiger partial charge >= 0.3 is 0 Å². The Balaban J connectivity index is 1.74. The van der Waals surface area contributed by atoms with E-state index in [1.807, 2.05) is 18.2 Å². The monoisotopic (exact) mass is 420 g/mol. The third-order valence-corrected chi connectivity index (χ3v) is 11.3. The van der Waals surface area contributed by atoms with E-state index in [2.05, 4.69) is 98.9 Å². The van der Waals surface area contributed by atoms with Gasteiger partial charge in [-0.2, -0.15) is 0 Å². The van der Waals surface area contributed by atoms with E-state index in [0.29, 0.717) is 0 Å². The van der Waals surface area contributed by atoms with Crippen molar-refractivity contribution in [1.82, 2.24) is 0 Å². The van der Waals surface area contributed by atoms with Gasteiger partial charge in [0.05, 0.1) is 0 Å². The number of aliphatic hydroxyl groups is 1. The molecule has 0 amide bonds. The predicted octanol–water partition coefficient (Wildman–Crippen LogP) is 5.96. The molecule has 0 aliphatic heterocycles. The second kappa shape index (κ2) is 7.33. The van der Waals surface area contributed by atoms with Crippen LogP contribution in [0.1, 0.15) is 27.8 Å². The molecule has 1 atom stereocenters. The minimum atomic E-state index is -2.47. The van der Waals surface area contributed by atoms with Gasteiger partial charge in [0.15, 0.2) is 0 Å². The van der Waals surface area contributed by atoms with Gasteiger partial charge in [-0.25, -0.2) is 0 Å². The van der Waals surface area contributed by atoms with Crippen LogP contribution in [0.2, 0.25) is 13.1 Å². The van der Waals surface area contributed by atoms with Crippen molar-refractivity contribution >= 4 is 13.3 Å². The van der Waals surface area contributed by atoms with Crippen LogP contribution in [0, 0.1) is 6.92 Å².